The summed E-state index contributed by atoms with van der Waals surface area (Å²) >= 11 is 0. The van der Waals surface area contributed by atoms with Gasteiger partial charge in [-0.2, -0.15) is 0 Å². The molecular formula is C14H20N4. The fourth-order valence-electron chi connectivity index (χ4n) is 2.15. The average Bonchev–Trinajstić information content (AvgIpc) is 2.38. The van der Waals surface area contributed by atoms with Crippen molar-refractivity contribution in [3.05, 3.63) is 30.3 Å². The van der Waals surface area contributed by atoms with E-state index in [2.05, 4.69) is 35.9 Å². The van der Waals surface area contributed by atoms with Gasteiger partial charge in [-0.05, 0) is 26.0 Å². The maximum absolute atomic E-state index is 7.90. The summed E-state index contributed by atoms with van der Waals surface area (Å²) in [6.45, 7) is 5.11. The highest BCUT2D eigenvalue weighted by Gasteiger charge is 2.24. The fraction of sp³-hybridized carbons (Fsp3) is 0.429. The quantitative estimate of drug-likeness (QED) is 0.869. The molecule has 1 aliphatic heterocycles. The number of amidine groups is 1. The Morgan fingerprint density at radius 3 is 2.61 bits per heavy atom. The average molecular weight is 244 g/mol. The standard InChI is InChI=1S/C14H20N4/c1-4-18(12-8-6-5-7-9-12)13-10-11(2)17(3)14(15)16-13/h5-9,11,15H,4,10H2,1-3H3. The van der Waals surface area contributed by atoms with Gasteiger partial charge in [0.2, 0.25) is 5.96 Å². The molecule has 1 aromatic carbocycles. The summed E-state index contributed by atoms with van der Waals surface area (Å²) in [5.74, 6) is 1.33. The number of hydrogen-bond acceptors (Lipinski definition) is 2. The van der Waals surface area contributed by atoms with Gasteiger partial charge in [-0.3, -0.25) is 5.41 Å². The highest BCUT2D eigenvalue weighted by Crippen LogP contribution is 2.19. The van der Waals surface area contributed by atoms with E-state index in [9.17, 15) is 0 Å². The van der Waals surface area contributed by atoms with E-state index in [-0.39, 0.29) is 0 Å². The first-order chi connectivity index (χ1) is 8.63. The molecule has 1 heterocycles. The minimum Gasteiger partial charge on any atom is -0.341 e. The van der Waals surface area contributed by atoms with E-state index < -0.39 is 0 Å². The van der Waals surface area contributed by atoms with Crippen molar-refractivity contribution in [3.8, 4) is 0 Å². The highest BCUT2D eigenvalue weighted by molar-refractivity contribution is 6.06. The third-order valence-corrected chi connectivity index (χ3v) is 3.40. The topological polar surface area (TPSA) is 42.7 Å². The van der Waals surface area contributed by atoms with Crippen molar-refractivity contribution < 1.29 is 0 Å². The molecule has 0 fully saturated rings. The van der Waals surface area contributed by atoms with Crippen molar-refractivity contribution in [1.82, 2.24) is 4.90 Å². The highest BCUT2D eigenvalue weighted by atomic mass is 15.3. The lowest BCUT2D eigenvalue weighted by molar-refractivity contribution is 0.383. The predicted octanol–water partition coefficient (Wildman–Crippen LogP) is 2.57. The van der Waals surface area contributed by atoms with Crippen molar-refractivity contribution >= 4 is 17.5 Å². The van der Waals surface area contributed by atoms with E-state index in [1.807, 2.05) is 30.1 Å². The van der Waals surface area contributed by atoms with Crippen molar-refractivity contribution in [2.75, 3.05) is 18.5 Å². The minimum absolute atomic E-state index is 0.322. The maximum Gasteiger partial charge on any atom is 0.219 e. The molecule has 0 bridgehead atoms. The summed E-state index contributed by atoms with van der Waals surface area (Å²) in [7, 11) is 1.92. The zero-order valence-electron chi connectivity index (χ0n) is 11.2. The summed E-state index contributed by atoms with van der Waals surface area (Å²) in [4.78, 5) is 8.50. The number of rotatable bonds is 2. The maximum atomic E-state index is 7.90. The summed E-state index contributed by atoms with van der Waals surface area (Å²) < 4.78 is 0. The number of nitrogens with zero attached hydrogens (tertiary/aromatic N) is 3. The van der Waals surface area contributed by atoms with Crippen LogP contribution in [0.5, 0.6) is 0 Å². The SMILES string of the molecule is CCN(C1=NC(=N)N(C)C(C)C1)c1ccccc1. The summed E-state index contributed by atoms with van der Waals surface area (Å²) in [5, 5.41) is 7.90. The lowest BCUT2D eigenvalue weighted by Crippen LogP contribution is -2.45. The zero-order chi connectivity index (χ0) is 13.1. The molecule has 0 aliphatic carbocycles. The van der Waals surface area contributed by atoms with Crippen LogP contribution in [-0.4, -0.2) is 36.3 Å². The predicted molar refractivity (Wildman–Crippen MR) is 76.5 cm³/mol. The van der Waals surface area contributed by atoms with E-state index in [1.165, 1.54) is 0 Å². The Morgan fingerprint density at radius 2 is 2.06 bits per heavy atom. The fourth-order valence-corrected chi connectivity index (χ4v) is 2.15. The molecule has 4 heteroatoms. The molecule has 18 heavy (non-hydrogen) atoms. The molecule has 2 rings (SSSR count). The molecular weight excluding hydrogens is 224 g/mol. The molecule has 1 aliphatic rings. The number of aliphatic imine (C=N–C) groups is 1. The number of guanidine groups is 1. The van der Waals surface area contributed by atoms with E-state index in [1.54, 1.807) is 0 Å². The van der Waals surface area contributed by atoms with Gasteiger partial charge in [0.25, 0.3) is 0 Å². The van der Waals surface area contributed by atoms with Crippen LogP contribution in [0.3, 0.4) is 0 Å². The van der Waals surface area contributed by atoms with Crippen LogP contribution in [0, 0.1) is 5.41 Å². The Kier molecular flexibility index (Phi) is 3.65. The van der Waals surface area contributed by atoms with Crippen molar-refractivity contribution in [3.63, 3.8) is 0 Å². The van der Waals surface area contributed by atoms with Crippen molar-refractivity contribution in [2.24, 2.45) is 4.99 Å². The summed E-state index contributed by atoms with van der Waals surface area (Å²) in [6.07, 6.45) is 0.877. The van der Waals surface area contributed by atoms with Gasteiger partial charge in [0, 0.05) is 31.7 Å². The van der Waals surface area contributed by atoms with Gasteiger partial charge in [-0.25, -0.2) is 4.99 Å². The van der Waals surface area contributed by atoms with Gasteiger partial charge in [0.1, 0.15) is 5.84 Å². The van der Waals surface area contributed by atoms with Crippen LogP contribution in [0.25, 0.3) is 0 Å². The van der Waals surface area contributed by atoms with Gasteiger partial charge < -0.3 is 9.80 Å². The number of anilines is 1. The molecule has 96 valence electrons. The first-order valence-electron chi connectivity index (χ1n) is 6.35. The second-order valence-electron chi connectivity index (χ2n) is 4.60. The number of nitrogens with one attached hydrogen (secondary N) is 1. The molecule has 1 atom stereocenters. The third-order valence-electron chi connectivity index (χ3n) is 3.40. The van der Waals surface area contributed by atoms with E-state index in [4.69, 9.17) is 5.41 Å². The van der Waals surface area contributed by atoms with Gasteiger partial charge in [0.15, 0.2) is 0 Å². The first-order valence-corrected chi connectivity index (χ1v) is 6.35. The number of benzene rings is 1. The van der Waals surface area contributed by atoms with Crippen LogP contribution < -0.4 is 4.90 Å². The lowest BCUT2D eigenvalue weighted by atomic mass is 10.1. The van der Waals surface area contributed by atoms with Crippen LogP contribution in [-0.2, 0) is 0 Å². The van der Waals surface area contributed by atoms with Gasteiger partial charge in [-0.15, -0.1) is 0 Å². The Bertz CT molecular complexity index is 452. The van der Waals surface area contributed by atoms with Crippen molar-refractivity contribution in [1.29, 1.82) is 5.41 Å². The molecule has 0 saturated heterocycles. The molecule has 4 nitrogen and oxygen atoms in total. The smallest absolute Gasteiger partial charge is 0.219 e. The van der Waals surface area contributed by atoms with E-state index in [0.717, 1.165) is 24.5 Å². The van der Waals surface area contributed by atoms with Gasteiger partial charge in [0.05, 0.1) is 0 Å². The lowest BCUT2D eigenvalue weighted by Gasteiger charge is -2.34. The van der Waals surface area contributed by atoms with Crippen molar-refractivity contribution in [2.45, 2.75) is 26.3 Å². The van der Waals surface area contributed by atoms with Crippen LogP contribution >= 0.6 is 0 Å². The van der Waals surface area contributed by atoms with E-state index >= 15 is 0 Å². The molecule has 0 spiro atoms. The second-order valence-corrected chi connectivity index (χ2v) is 4.60. The van der Waals surface area contributed by atoms with Crippen LogP contribution in [0.15, 0.2) is 35.3 Å². The molecule has 0 amide bonds. The van der Waals surface area contributed by atoms with Gasteiger partial charge >= 0.3 is 0 Å². The van der Waals surface area contributed by atoms with Crippen LogP contribution in [0.2, 0.25) is 0 Å². The molecule has 1 aromatic rings. The Morgan fingerprint density at radius 1 is 1.39 bits per heavy atom. The number of para-hydroxylation sites is 1. The minimum atomic E-state index is 0.322. The normalized spacial score (nSPS) is 19.7. The van der Waals surface area contributed by atoms with Crippen LogP contribution in [0.1, 0.15) is 20.3 Å². The zero-order valence-corrected chi connectivity index (χ0v) is 11.2. The second kappa shape index (κ2) is 5.21. The van der Waals surface area contributed by atoms with Gasteiger partial charge in [-0.1, -0.05) is 18.2 Å². The molecule has 0 aromatic heterocycles. The largest absolute Gasteiger partial charge is 0.341 e. The number of hydrogen-bond donors (Lipinski definition) is 1. The summed E-state index contributed by atoms with van der Waals surface area (Å²) in [5.41, 5.74) is 1.14. The molecule has 0 radical (unpaired) electrons. The third kappa shape index (κ3) is 2.37. The molecule has 1 unspecified atom stereocenters. The van der Waals surface area contributed by atoms with Crippen LogP contribution in [0.4, 0.5) is 5.69 Å². The Balaban J connectivity index is 2.29. The monoisotopic (exact) mass is 244 g/mol. The summed E-state index contributed by atoms with van der Waals surface area (Å²) in [6, 6.07) is 10.6. The molecule has 0 saturated carbocycles. The Labute approximate surface area is 108 Å². The van der Waals surface area contributed by atoms with E-state index in [0.29, 0.717) is 12.0 Å². The molecule has 1 N–H and O–H groups in total. The first kappa shape index (κ1) is 12.6. The Hall–Kier alpha value is -1.84.